The van der Waals surface area contributed by atoms with Gasteiger partial charge in [-0.15, -0.1) is 0 Å². The Morgan fingerprint density at radius 2 is 1.67 bits per heavy atom. The number of hydrogen-bond acceptors (Lipinski definition) is 5. The largest absolute Gasteiger partial charge is 0.492 e. The van der Waals surface area contributed by atoms with Gasteiger partial charge < -0.3 is 15.0 Å². The number of benzene rings is 3. The first-order chi connectivity index (χ1) is 18.5. The molecule has 3 aromatic carbocycles. The Hall–Kier alpha value is -3.27. The minimum atomic E-state index is -3.92. The smallest absolute Gasteiger partial charge is 0.244 e. The first kappa shape index (κ1) is 30.3. The normalized spacial score (nSPS) is 11.9. The van der Waals surface area contributed by atoms with Crippen molar-refractivity contribution in [2.75, 3.05) is 30.8 Å². The number of sulfonamides is 1. The summed E-state index contributed by atoms with van der Waals surface area (Å²) in [6.45, 7) is 1.47. The van der Waals surface area contributed by atoms with E-state index in [4.69, 9.17) is 27.9 Å². The van der Waals surface area contributed by atoms with Crippen LogP contribution in [0.5, 0.6) is 5.75 Å². The highest BCUT2D eigenvalue weighted by Gasteiger charge is 2.33. The number of anilines is 1. The first-order valence-electron chi connectivity index (χ1n) is 12.2. The molecule has 0 aliphatic carbocycles. The maximum atomic E-state index is 14.0. The minimum Gasteiger partial charge on any atom is -0.492 e. The van der Waals surface area contributed by atoms with Gasteiger partial charge in [0, 0.05) is 30.1 Å². The fourth-order valence-corrected chi connectivity index (χ4v) is 5.41. The number of nitrogens with one attached hydrogen (secondary N) is 1. The second kappa shape index (κ2) is 13.7. The van der Waals surface area contributed by atoms with E-state index in [1.165, 1.54) is 11.9 Å². The lowest BCUT2D eigenvalue weighted by molar-refractivity contribution is -0.139. The molecule has 3 rings (SSSR count). The van der Waals surface area contributed by atoms with E-state index in [9.17, 15) is 18.0 Å². The van der Waals surface area contributed by atoms with Gasteiger partial charge in [0.15, 0.2) is 0 Å². The predicted molar refractivity (Wildman–Crippen MR) is 155 cm³/mol. The van der Waals surface area contributed by atoms with E-state index in [1.807, 2.05) is 30.3 Å². The van der Waals surface area contributed by atoms with Crippen molar-refractivity contribution in [2.45, 2.75) is 25.9 Å². The third-order valence-electron chi connectivity index (χ3n) is 5.99. The second-order valence-corrected chi connectivity index (χ2v) is 11.5. The summed E-state index contributed by atoms with van der Waals surface area (Å²) in [5.74, 6) is -0.683. The van der Waals surface area contributed by atoms with Gasteiger partial charge in [0.2, 0.25) is 21.8 Å². The van der Waals surface area contributed by atoms with Gasteiger partial charge in [-0.25, -0.2) is 8.42 Å². The van der Waals surface area contributed by atoms with Crippen LogP contribution in [-0.2, 0) is 32.6 Å². The van der Waals surface area contributed by atoms with Crippen molar-refractivity contribution in [2.24, 2.45) is 0 Å². The molecule has 0 heterocycles. The summed E-state index contributed by atoms with van der Waals surface area (Å²) in [5, 5.41) is 3.37. The van der Waals surface area contributed by atoms with E-state index < -0.39 is 34.4 Å². The molecule has 11 heteroatoms. The molecule has 8 nitrogen and oxygen atoms in total. The fraction of sp³-hybridized carbons (Fsp3) is 0.286. The fourth-order valence-electron chi connectivity index (χ4n) is 4.09. The lowest BCUT2D eigenvalue weighted by Crippen LogP contribution is -2.53. The van der Waals surface area contributed by atoms with Crippen molar-refractivity contribution in [3.05, 3.63) is 94.0 Å². The summed E-state index contributed by atoms with van der Waals surface area (Å²) in [6.07, 6.45) is 1.22. The maximum Gasteiger partial charge on any atom is 0.244 e. The Kier molecular flexibility index (Phi) is 10.6. The molecule has 0 unspecified atom stereocenters. The van der Waals surface area contributed by atoms with Crippen molar-refractivity contribution in [1.29, 1.82) is 0 Å². The summed E-state index contributed by atoms with van der Waals surface area (Å²) >= 11 is 12.5. The molecule has 0 saturated carbocycles. The van der Waals surface area contributed by atoms with Gasteiger partial charge in [0.25, 0.3) is 0 Å². The van der Waals surface area contributed by atoms with Gasteiger partial charge in [0.1, 0.15) is 18.3 Å². The summed E-state index contributed by atoms with van der Waals surface area (Å²) in [5.41, 5.74) is 1.60. The van der Waals surface area contributed by atoms with E-state index in [-0.39, 0.29) is 18.7 Å². The number of para-hydroxylation sites is 2. The van der Waals surface area contributed by atoms with Crippen LogP contribution in [0.3, 0.4) is 0 Å². The molecule has 0 saturated heterocycles. The average molecular weight is 593 g/mol. The molecule has 0 fully saturated rings. The first-order valence-corrected chi connectivity index (χ1v) is 14.8. The SMILES string of the molecule is CCOc1ccccc1N(CC(=O)N(Cc1ccc(Cl)cc1Cl)[C@H](Cc1ccccc1)C(=O)NC)S(C)(=O)=O. The average Bonchev–Trinajstić information content (AvgIpc) is 2.90. The van der Waals surface area contributed by atoms with Crippen LogP contribution in [0, 0.1) is 0 Å². The number of nitrogens with zero attached hydrogens (tertiary/aromatic N) is 2. The Morgan fingerprint density at radius 1 is 1.00 bits per heavy atom. The molecule has 208 valence electrons. The van der Waals surface area contributed by atoms with Crippen LogP contribution in [0.2, 0.25) is 10.0 Å². The lowest BCUT2D eigenvalue weighted by Gasteiger charge is -2.33. The van der Waals surface area contributed by atoms with Gasteiger partial charge in [-0.05, 0) is 42.3 Å². The van der Waals surface area contributed by atoms with Crippen molar-refractivity contribution in [3.63, 3.8) is 0 Å². The van der Waals surface area contributed by atoms with Crippen LogP contribution in [0.25, 0.3) is 0 Å². The molecular formula is C28H31Cl2N3O5S. The zero-order chi connectivity index (χ0) is 28.6. The number of ether oxygens (including phenoxy) is 1. The molecule has 39 heavy (non-hydrogen) atoms. The number of carbonyl (C=O) groups is 2. The quantitative estimate of drug-likeness (QED) is 0.333. The van der Waals surface area contributed by atoms with E-state index >= 15 is 0 Å². The molecule has 1 N–H and O–H groups in total. The third-order valence-corrected chi connectivity index (χ3v) is 7.70. The molecule has 1 atom stereocenters. The second-order valence-electron chi connectivity index (χ2n) is 8.75. The third kappa shape index (κ3) is 8.11. The van der Waals surface area contributed by atoms with Gasteiger partial charge in [-0.3, -0.25) is 13.9 Å². The van der Waals surface area contributed by atoms with Crippen molar-refractivity contribution in [3.8, 4) is 5.75 Å². The van der Waals surface area contributed by atoms with Crippen LogP contribution < -0.4 is 14.4 Å². The highest BCUT2D eigenvalue weighted by molar-refractivity contribution is 7.92. The molecule has 0 spiro atoms. The molecular weight excluding hydrogens is 561 g/mol. The highest BCUT2D eigenvalue weighted by Crippen LogP contribution is 2.30. The summed E-state index contributed by atoms with van der Waals surface area (Å²) < 4.78 is 32.5. The van der Waals surface area contributed by atoms with Crippen LogP contribution in [-0.4, -0.2) is 57.6 Å². The number of likely N-dealkylation sites (N-methyl/N-ethyl adjacent to an activating group) is 1. The zero-order valence-electron chi connectivity index (χ0n) is 21.9. The number of rotatable bonds is 12. The number of amides is 2. The topological polar surface area (TPSA) is 96.0 Å². The van der Waals surface area contributed by atoms with Crippen molar-refractivity contribution >= 4 is 50.7 Å². The highest BCUT2D eigenvalue weighted by atomic mass is 35.5. The molecule has 3 aromatic rings. The van der Waals surface area contributed by atoms with E-state index in [2.05, 4.69) is 5.32 Å². The number of carbonyl (C=O) groups excluding carboxylic acids is 2. The molecule has 2 amide bonds. The van der Waals surface area contributed by atoms with Crippen LogP contribution in [0.4, 0.5) is 5.69 Å². The number of hydrogen-bond donors (Lipinski definition) is 1. The summed E-state index contributed by atoms with van der Waals surface area (Å²) in [6, 6.07) is 19.7. The Balaban J connectivity index is 2.08. The Morgan fingerprint density at radius 3 is 2.28 bits per heavy atom. The van der Waals surface area contributed by atoms with Gasteiger partial charge in [-0.1, -0.05) is 71.7 Å². The molecule has 0 aliphatic rings. The van der Waals surface area contributed by atoms with Gasteiger partial charge in [0.05, 0.1) is 18.6 Å². The van der Waals surface area contributed by atoms with Gasteiger partial charge >= 0.3 is 0 Å². The van der Waals surface area contributed by atoms with Crippen LogP contribution in [0.1, 0.15) is 18.1 Å². The standard InChI is InChI=1S/C28H31Cl2N3O5S/c1-4-38-26-13-9-8-12-24(26)33(39(3,36)37)19-27(34)32(18-21-14-15-22(29)17-23(21)30)25(28(35)31-2)16-20-10-6-5-7-11-20/h5-15,17,25H,4,16,18-19H2,1-3H3,(H,31,35)/t25-/m1/s1. The summed E-state index contributed by atoms with van der Waals surface area (Å²) in [4.78, 5) is 28.5. The molecule has 0 bridgehead atoms. The van der Waals surface area contributed by atoms with E-state index in [0.717, 1.165) is 16.1 Å². The van der Waals surface area contributed by atoms with Crippen molar-refractivity contribution < 1.29 is 22.7 Å². The Bertz CT molecular complexity index is 1400. The number of halogens is 2. The molecule has 0 radical (unpaired) electrons. The molecule has 0 aromatic heterocycles. The van der Waals surface area contributed by atoms with Crippen molar-refractivity contribution in [1.82, 2.24) is 10.2 Å². The Labute approximate surface area is 239 Å². The van der Waals surface area contributed by atoms with Crippen LogP contribution in [0.15, 0.2) is 72.8 Å². The summed E-state index contributed by atoms with van der Waals surface area (Å²) in [7, 11) is -2.44. The van der Waals surface area contributed by atoms with Crippen LogP contribution >= 0.6 is 23.2 Å². The van der Waals surface area contributed by atoms with E-state index in [1.54, 1.807) is 49.4 Å². The predicted octanol–water partition coefficient (Wildman–Crippen LogP) is 4.54. The van der Waals surface area contributed by atoms with E-state index in [0.29, 0.717) is 28.0 Å². The monoisotopic (exact) mass is 591 g/mol. The lowest BCUT2D eigenvalue weighted by atomic mass is 10.0. The zero-order valence-corrected chi connectivity index (χ0v) is 24.3. The maximum absolute atomic E-state index is 14.0. The minimum absolute atomic E-state index is 0.0511. The van der Waals surface area contributed by atoms with Gasteiger partial charge in [-0.2, -0.15) is 0 Å². The molecule has 0 aliphatic heterocycles.